The Morgan fingerprint density at radius 2 is 2.10 bits per heavy atom. The summed E-state index contributed by atoms with van der Waals surface area (Å²) in [5, 5.41) is 0. The second-order valence-electron chi connectivity index (χ2n) is 6.28. The lowest BCUT2D eigenvalue weighted by Crippen LogP contribution is -2.36. The fourth-order valence-electron chi connectivity index (χ4n) is 3.12. The van der Waals surface area contributed by atoms with Crippen LogP contribution in [0.5, 0.6) is 0 Å². The third-order valence-electron chi connectivity index (χ3n) is 4.18. The van der Waals surface area contributed by atoms with Crippen LogP contribution in [-0.2, 0) is 6.54 Å². The maximum atomic E-state index is 5.93. The molecule has 1 aliphatic rings. The van der Waals surface area contributed by atoms with Crippen molar-refractivity contribution in [2.45, 2.75) is 19.4 Å². The molecule has 0 bridgehead atoms. The Hall–Kier alpha value is -1.59. The number of anilines is 1. The molecule has 0 atom stereocenters. The van der Waals surface area contributed by atoms with Crippen LogP contribution in [0.15, 0.2) is 22.6 Å². The summed E-state index contributed by atoms with van der Waals surface area (Å²) < 4.78 is 5.80. The number of fused-ring (bicyclic) bond motifs is 1. The molecule has 5 nitrogen and oxygen atoms in total. The van der Waals surface area contributed by atoms with Gasteiger partial charge in [-0.1, -0.05) is 6.07 Å². The zero-order chi connectivity index (χ0) is 14.8. The number of oxazole rings is 1. The molecule has 0 spiro atoms. The number of rotatable bonds is 4. The Labute approximate surface area is 125 Å². The van der Waals surface area contributed by atoms with Gasteiger partial charge in [0.25, 0.3) is 0 Å². The van der Waals surface area contributed by atoms with Gasteiger partial charge in [0.05, 0.1) is 12.2 Å². The Balaban J connectivity index is 1.60. The van der Waals surface area contributed by atoms with Gasteiger partial charge in [-0.3, -0.25) is 4.90 Å². The van der Waals surface area contributed by atoms with E-state index in [2.05, 4.69) is 28.9 Å². The van der Waals surface area contributed by atoms with Gasteiger partial charge in [-0.2, -0.15) is 0 Å². The van der Waals surface area contributed by atoms with E-state index in [-0.39, 0.29) is 0 Å². The molecule has 2 heterocycles. The van der Waals surface area contributed by atoms with E-state index in [0.717, 1.165) is 42.5 Å². The van der Waals surface area contributed by atoms with Gasteiger partial charge in [0, 0.05) is 6.54 Å². The van der Waals surface area contributed by atoms with E-state index >= 15 is 0 Å². The van der Waals surface area contributed by atoms with Crippen LogP contribution in [0, 0.1) is 5.92 Å². The van der Waals surface area contributed by atoms with Gasteiger partial charge in [-0.15, -0.1) is 0 Å². The number of hydrogen-bond acceptors (Lipinski definition) is 5. The largest absolute Gasteiger partial charge is 0.439 e. The Morgan fingerprint density at radius 1 is 1.33 bits per heavy atom. The molecule has 3 rings (SSSR count). The van der Waals surface area contributed by atoms with Crippen molar-refractivity contribution in [2.24, 2.45) is 5.92 Å². The highest BCUT2D eigenvalue weighted by Crippen LogP contribution is 2.24. The first-order valence-electron chi connectivity index (χ1n) is 7.63. The van der Waals surface area contributed by atoms with Crippen molar-refractivity contribution < 1.29 is 4.42 Å². The molecule has 5 heteroatoms. The molecule has 2 aromatic rings. The third kappa shape index (κ3) is 3.36. The predicted octanol–water partition coefficient (Wildman–Crippen LogP) is 2.18. The summed E-state index contributed by atoms with van der Waals surface area (Å²) in [6.07, 6.45) is 2.50. The van der Waals surface area contributed by atoms with Crippen molar-refractivity contribution in [3.8, 4) is 0 Å². The summed E-state index contributed by atoms with van der Waals surface area (Å²) in [7, 11) is 4.30. The predicted molar refractivity (Wildman–Crippen MR) is 85.0 cm³/mol. The van der Waals surface area contributed by atoms with Crippen LogP contribution in [0.3, 0.4) is 0 Å². The van der Waals surface area contributed by atoms with E-state index < -0.39 is 0 Å². The lowest BCUT2D eigenvalue weighted by molar-refractivity contribution is 0.147. The van der Waals surface area contributed by atoms with Gasteiger partial charge in [0.2, 0.25) is 5.89 Å². The molecule has 0 amide bonds. The monoisotopic (exact) mass is 288 g/mol. The minimum absolute atomic E-state index is 0.687. The summed E-state index contributed by atoms with van der Waals surface area (Å²) >= 11 is 0. The van der Waals surface area contributed by atoms with Gasteiger partial charge >= 0.3 is 0 Å². The fourth-order valence-corrected chi connectivity index (χ4v) is 3.12. The number of likely N-dealkylation sites (tertiary alicyclic amines) is 1. The molecule has 0 radical (unpaired) electrons. The minimum atomic E-state index is 0.687. The number of nitrogens with two attached hydrogens (primary N) is 1. The van der Waals surface area contributed by atoms with Gasteiger partial charge in [-0.05, 0) is 58.1 Å². The number of aromatic nitrogens is 1. The van der Waals surface area contributed by atoms with Crippen LogP contribution in [0.1, 0.15) is 18.7 Å². The van der Waals surface area contributed by atoms with Crippen molar-refractivity contribution in [3.05, 3.63) is 24.1 Å². The molecule has 1 aliphatic heterocycles. The molecular weight excluding hydrogens is 264 g/mol. The first kappa shape index (κ1) is 14.4. The average molecular weight is 288 g/mol. The van der Waals surface area contributed by atoms with E-state index in [1.165, 1.54) is 19.4 Å². The quantitative estimate of drug-likeness (QED) is 0.874. The highest BCUT2D eigenvalue weighted by atomic mass is 16.3. The lowest BCUT2D eigenvalue weighted by Gasteiger charge is -2.32. The molecule has 1 saturated heterocycles. The Bertz CT molecular complexity index is 599. The van der Waals surface area contributed by atoms with Crippen molar-refractivity contribution in [1.82, 2.24) is 14.8 Å². The van der Waals surface area contributed by atoms with Crippen molar-refractivity contribution in [3.63, 3.8) is 0 Å². The number of nitrogen functional groups attached to an aromatic ring is 1. The second kappa shape index (κ2) is 6.03. The summed E-state index contributed by atoms with van der Waals surface area (Å²) in [5.41, 5.74) is 8.19. The van der Waals surface area contributed by atoms with E-state index in [9.17, 15) is 0 Å². The van der Waals surface area contributed by atoms with Crippen molar-refractivity contribution in [1.29, 1.82) is 0 Å². The zero-order valence-electron chi connectivity index (χ0n) is 12.9. The third-order valence-corrected chi connectivity index (χ3v) is 4.18. The Kier molecular flexibility index (Phi) is 4.12. The SMILES string of the molecule is CN(C)CC1CCN(Cc2nc3c(N)cccc3o2)CC1. The fraction of sp³-hybridized carbons (Fsp3) is 0.562. The molecule has 1 fully saturated rings. The number of piperidine rings is 1. The minimum Gasteiger partial charge on any atom is -0.439 e. The lowest BCUT2D eigenvalue weighted by atomic mass is 9.96. The standard InChI is InChI=1S/C16H24N4O/c1-19(2)10-12-6-8-20(9-7-12)11-15-18-16-13(17)4-3-5-14(16)21-15/h3-5,12H,6-11,17H2,1-2H3. The molecule has 21 heavy (non-hydrogen) atoms. The summed E-state index contributed by atoms with van der Waals surface area (Å²) in [4.78, 5) is 9.24. The molecule has 2 N–H and O–H groups in total. The molecule has 0 aliphatic carbocycles. The molecule has 0 unspecified atom stereocenters. The van der Waals surface area contributed by atoms with Crippen LogP contribution in [0.2, 0.25) is 0 Å². The van der Waals surface area contributed by atoms with Gasteiger partial charge in [0.15, 0.2) is 5.58 Å². The zero-order valence-corrected chi connectivity index (χ0v) is 12.9. The van der Waals surface area contributed by atoms with E-state index in [1.807, 2.05) is 18.2 Å². The second-order valence-corrected chi connectivity index (χ2v) is 6.28. The highest BCUT2D eigenvalue weighted by Gasteiger charge is 2.21. The van der Waals surface area contributed by atoms with Crippen LogP contribution < -0.4 is 5.73 Å². The molecule has 0 saturated carbocycles. The van der Waals surface area contributed by atoms with Gasteiger partial charge < -0.3 is 15.1 Å². The van der Waals surface area contributed by atoms with Crippen molar-refractivity contribution >= 4 is 16.8 Å². The normalized spacial score (nSPS) is 17.9. The number of nitrogens with zero attached hydrogens (tertiary/aromatic N) is 3. The first-order chi connectivity index (χ1) is 10.1. The average Bonchev–Trinajstić information content (AvgIpc) is 2.84. The number of para-hydroxylation sites is 1. The Morgan fingerprint density at radius 3 is 2.76 bits per heavy atom. The maximum Gasteiger partial charge on any atom is 0.209 e. The van der Waals surface area contributed by atoms with Crippen LogP contribution in [-0.4, -0.2) is 48.5 Å². The van der Waals surface area contributed by atoms with Crippen LogP contribution in [0.25, 0.3) is 11.1 Å². The van der Waals surface area contributed by atoms with Gasteiger partial charge in [0.1, 0.15) is 5.52 Å². The van der Waals surface area contributed by atoms with Gasteiger partial charge in [-0.25, -0.2) is 4.98 Å². The van der Waals surface area contributed by atoms with E-state index in [1.54, 1.807) is 0 Å². The summed E-state index contributed by atoms with van der Waals surface area (Å²) in [6.45, 7) is 4.20. The highest BCUT2D eigenvalue weighted by molar-refractivity contribution is 5.85. The summed E-state index contributed by atoms with van der Waals surface area (Å²) in [6, 6.07) is 5.69. The summed E-state index contributed by atoms with van der Waals surface area (Å²) in [5.74, 6) is 1.59. The van der Waals surface area contributed by atoms with Crippen molar-refractivity contribution in [2.75, 3.05) is 39.5 Å². The number of benzene rings is 1. The molecule has 114 valence electrons. The number of hydrogen-bond donors (Lipinski definition) is 1. The molecular formula is C16H24N4O. The first-order valence-corrected chi connectivity index (χ1v) is 7.63. The van der Waals surface area contributed by atoms with E-state index in [0.29, 0.717) is 5.69 Å². The van der Waals surface area contributed by atoms with E-state index in [4.69, 9.17) is 10.2 Å². The molecule has 1 aromatic carbocycles. The van der Waals surface area contributed by atoms with Crippen LogP contribution in [0.4, 0.5) is 5.69 Å². The van der Waals surface area contributed by atoms with Crippen LogP contribution >= 0.6 is 0 Å². The topological polar surface area (TPSA) is 58.5 Å². The maximum absolute atomic E-state index is 5.93. The molecule has 1 aromatic heterocycles. The smallest absolute Gasteiger partial charge is 0.209 e.